The van der Waals surface area contributed by atoms with Crippen LogP contribution >= 0.6 is 0 Å². The van der Waals surface area contributed by atoms with Crippen LogP contribution in [0.4, 0.5) is 5.82 Å². The number of hydrogen-bond donors (Lipinski definition) is 1. The summed E-state index contributed by atoms with van der Waals surface area (Å²) < 4.78 is 5.79. The number of nitrogens with zero attached hydrogens (tertiary/aromatic N) is 4. The lowest BCUT2D eigenvalue weighted by atomic mass is 10.1. The van der Waals surface area contributed by atoms with E-state index in [-0.39, 0.29) is 0 Å². The van der Waals surface area contributed by atoms with Crippen molar-refractivity contribution < 1.29 is 4.42 Å². The van der Waals surface area contributed by atoms with Crippen LogP contribution in [0.5, 0.6) is 0 Å². The van der Waals surface area contributed by atoms with Gasteiger partial charge in [0, 0.05) is 23.4 Å². The molecule has 1 aromatic carbocycles. The summed E-state index contributed by atoms with van der Waals surface area (Å²) in [6.07, 6.45) is 2.19. The van der Waals surface area contributed by atoms with Crippen LogP contribution in [-0.2, 0) is 13.0 Å². The van der Waals surface area contributed by atoms with E-state index in [1.54, 1.807) is 0 Å². The first-order chi connectivity index (χ1) is 10.8. The third-order valence-electron chi connectivity index (χ3n) is 4.02. The molecule has 0 saturated heterocycles. The summed E-state index contributed by atoms with van der Waals surface area (Å²) in [6.45, 7) is 3.62. The molecule has 6 heteroatoms. The van der Waals surface area contributed by atoms with Gasteiger partial charge in [0.15, 0.2) is 5.82 Å². The van der Waals surface area contributed by atoms with Crippen molar-refractivity contribution in [1.29, 1.82) is 0 Å². The van der Waals surface area contributed by atoms with E-state index < -0.39 is 0 Å². The maximum Gasteiger partial charge on any atom is 0.247 e. The summed E-state index contributed by atoms with van der Waals surface area (Å²) in [5.41, 5.74) is 3.39. The van der Waals surface area contributed by atoms with Crippen LogP contribution < -0.4 is 4.90 Å². The second-order valence-electron chi connectivity index (χ2n) is 5.54. The van der Waals surface area contributed by atoms with Crippen molar-refractivity contribution in [2.24, 2.45) is 0 Å². The van der Waals surface area contributed by atoms with E-state index in [1.165, 1.54) is 5.56 Å². The van der Waals surface area contributed by atoms with Gasteiger partial charge in [-0.2, -0.15) is 5.10 Å². The van der Waals surface area contributed by atoms with Crippen LogP contribution in [-0.4, -0.2) is 26.9 Å². The van der Waals surface area contributed by atoms with Crippen molar-refractivity contribution in [2.75, 3.05) is 11.4 Å². The van der Waals surface area contributed by atoms with Gasteiger partial charge in [-0.25, -0.2) is 0 Å². The Labute approximate surface area is 128 Å². The number of aromatic amines is 1. The van der Waals surface area contributed by atoms with Crippen molar-refractivity contribution in [1.82, 2.24) is 20.4 Å². The van der Waals surface area contributed by atoms with Gasteiger partial charge in [0.25, 0.3) is 0 Å². The number of H-pyrrole nitrogens is 1. The number of aromatic nitrogens is 4. The lowest BCUT2D eigenvalue weighted by Crippen LogP contribution is -2.29. The molecular weight excluding hydrogens is 278 g/mol. The molecular formula is C16H17N5O. The molecule has 0 radical (unpaired) electrons. The molecule has 6 nitrogen and oxygen atoms in total. The highest BCUT2D eigenvalue weighted by Gasteiger charge is 2.23. The van der Waals surface area contributed by atoms with E-state index in [2.05, 4.69) is 32.2 Å². The molecule has 3 heterocycles. The van der Waals surface area contributed by atoms with Gasteiger partial charge in [-0.05, 0) is 31.9 Å². The molecule has 1 aliphatic heterocycles. The van der Waals surface area contributed by atoms with Crippen molar-refractivity contribution in [3.63, 3.8) is 0 Å². The van der Waals surface area contributed by atoms with Crippen LogP contribution in [0.1, 0.15) is 23.6 Å². The summed E-state index contributed by atoms with van der Waals surface area (Å²) in [4.78, 5) is 2.20. The zero-order valence-corrected chi connectivity index (χ0v) is 12.4. The summed E-state index contributed by atoms with van der Waals surface area (Å²) in [6, 6.07) is 9.82. The third kappa shape index (κ3) is 2.26. The van der Waals surface area contributed by atoms with E-state index in [0.29, 0.717) is 18.3 Å². The first kappa shape index (κ1) is 13.1. The second kappa shape index (κ2) is 5.29. The van der Waals surface area contributed by atoms with Crippen LogP contribution in [0, 0.1) is 6.92 Å². The van der Waals surface area contributed by atoms with Gasteiger partial charge in [-0.3, -0.25) is 5.10 Å². The van der Waals surface area contributed by atoms with Crippen LogP contribution in [0.15, 0.2) is 34.7 Å². The van der Waals surface area contributed by atoms with Crippen molar-refractivity contribution in [2.45, 2.75) is 26.3 Å². The van der Waals surface area contributed by atoms with E-state index >= 15 is 0 Å². The summed E-state index contributed by atoms with van der Waals surface area (Å²) >= 11 is 0. The van der Waals surface area contributed by atoms with Gasteiger partial charge in [-0.15, -0.1) is 10.2 Å². The standard InChI is InChI=1S/C16H17N5O/c1-11-13-8-5-9-21(15(13)19-17-11)10-14-18-20-16(22-14)12-6-3-2-4-7-12/h2-4,6-7H,5,8-10H2,1H3,(H,17,19). The van der Waals surface area contributed by atoms with Gasteiger partial charge in [0.1, 0.15) is 0 Å². The molecule has 0 aliphatic carbocycles. The highest BCUT2D eigenvalue weighted by atomic mass is 16.4. The number of fused-ring (bicyclic) bond motifs is 1. The molecule has 4 rings (SSSR count). The first-order valence-corrected chi connectivity index (χ1v) is 7.48. The predicted molar refractivity (Wildman–Crippen MR) is 82.4 cm³/mol. The lowest BCUT2D eigenvalue weighted by Gasteiger charge is -2.26. The van der Waals surface area contributed by atoms with Crippen LogP contribution in [0.3, 0.4) is 0 Å². The summed E-state index contributed by atoms with van der Waals surface area (Å²) in [5.74, 6) is 2.20. The Bertz CT molecular complexity index is 777. The molecule has 0 bridgehead atoms. The molecule has 0 atom stereocenters. The normalized spacial score (nSPS) is 14.1. The Hall–Kier alpha value is -2.63. The molecule has 0 unspecified atom stereocenters. The molecule has 0 spiro atoms. The topological polar surface area (TPSA) is 70.8 Å². The largest absolute Gasteiger partial charge is 0.419 e. The molecule has 1 N–H and O–H groups in total. The average molecular weight is 295 g/mol. The Kier molecular flexibility index (Phi) is 3.14. The quantitative estimate of drug-likeness (QED) is 0.804. The monoisotopic (exact) mass is 295 g/mol. The number of anilines is 1. The summed E-state index contributed by atoms with van der Waals surface area (Å²) in [5, 5.41) is 15.8. The average Bonchev–Trinajstić information content (AvgIpc) is 3.17. The van der Waals surface area contributed by atoms with Crippen LogP contribution in [0.2, 0.25) is 0 Å². The molecule has 0 saturated carbocycles. The van der Waals surface area contributed by atoms with Crippen molar-refractivity contribution in [3.8, 4) is 11.5 Å². The summed E-state index contributed by atoms with van der Waals surface area (Å²) in [7, 11) is 0. The molecule has 2 aromatic heterocycles. The smallest absolute Gasteiger partial charge is 0.247 e. The van der Waals surface area contributed by atoms with Gasteiger partial charge in [0.2, 0.25) is 11.8 Å². The van der Waals surface area contributed by atoms with Crippen LogP contribution in [0.25, 0.3) is 11.5 Å². The highest BCUT2D eigenvalue weighted by Crippen LogP contribution is 2.28. The Morgan fingerprint density at radius 2 is 2.09 bits per heavy atom. The second-order valence-corrected chi connectivity index (χ2v) is 5.54. The maximum atomic E-state index is 5.79. The number of rotatable bonds is 3. The van der Waals surface area contributed by atoms with Gasteiger partial charge in [-0.1, -0.05) is 18.2 Å². The minimum absolute atomic E-state index is 0.561. The van der Waals surface area contributed by atoms with E-state index in [4.69, 9.17) is 4.42 Å². The van der Waals surface area contributed by atoms with E-state index in [9.17, 15) is 0 Å². The molecule has 112 valence electrons. The van der Waals surface area contributed by atoms with E-state index in [0.717, 1.165) is 36.5 Å². The Morgan fingerprint density at radius 3 is 2.95 bits per heavy atom. The predicted octanol–water partition coefficient (Wildman–Crippen LogP) is 2.72. The molecule has 1 aliphatic rings. The zero-order chi connectivity index (χ0) is 14.9. The zero-order valence-electron chi connectivity index (χ0n) is 12.4. The number of hydrogen-bond acceptors (Lipinski definition) is 5. The first-order valence-electron chi connectivity index (χ1n) is 7.48. The highest BCUT2D eigenvalue weighted by molar-refractivity contribution is 5.52. The Balaban J connectivity index is 1.57. The molecule has 0 amide bonds. The fourth-order valence-electron chi connectivity index (χ4n) is 2.89. The fraction of sp³-hybridized carbons (Fsp3) is 0.312. The number of aryl methyl sites for hydroxylation is 1. The SMILES string of the molecule is Cc1[nH]nc2c1CCCN2Cc1nnc(-c2ccccc2)o1. The fourth-order valence-corrected chi connectivity index (χ4v) is 2.89. The van der Waals surface area contributed by atoms with Crippen molar-refractivity contribution in [3.05, 3.63) is 47.5 Å². The number of benzene rings is 1. The van der Waals surface area contributed by atoms with Gasteiger partial charge in [0.05, 0.1) is 6.54 Å². The Morgan fingerprint density at radius 1 is 1.23 bits per heavy atom. The molecule has 3 aromatic rings. The minimum atomic E-state index is 0.561. The van der Waals surface area contributed by atoms with Crippen molar-refractivity contribution >= 4 is 5.82 Å². The van der Waals surface area contributed by atoms with Gasteiger partial charge < -0.3 is 9.32 Å². The molecule has 22 heavy (non-hydrogen) atoms. The minimum Gasteiger partial charge on any atom is -0.419 e. The van der Waals surface area contributed by atoms with Gasteiger partial charge >= 0.3 is 0 Å². The lowest BCUT2D eigenvalue weighted by molar-refractivity contribution is 0.492. The maximum absolute atomic E-state index is 5.79. The molecule has 0 fully saturated rings. The number of nitrogens with one attached hydrogen (secondary N) is 1. The third-order valence-corrected chi connectivity index (χ3v) is 4.02. The van der Waals surface area contributed by atoms with E-state index in [1.807, 2.05) is 30.3 Å².